The molecule has 0 amide bonds. The van der Waals surface area contributed by atoms with E-state index < -0.39 is 11.5 Å². The Morgan fingerprint density at radius 2 is 2.28 bits per heavy atom. The molecule has 0 spiro atoms. The fraction of sp³-hybridized carbons (Fsp3) is 0.333. The summed E-state index contributed by atoms with van der Waals surface area (Å²) in [6.07, 6.45) is 0.467. The molecule has 5 nitrogen and oxygen atoms in total. The Labute approximate surface area is 108 Å². The van der Waals surface area contributed by atoms with Crippen molar-refractivity contribution < 1.29 is 9.90 Å². The van der Waals surface area contributed by atoms with Crippen LogP contribution in [0.2, 0.25) is 0 Å². The van der Waals surface area contributed by atoms with Crippen molar-refractivity contribution in [2.45, 2.75) is 12.0 Å². The van der Waals surface area contributed by atoms with Crippen LogP contribution in [-0.4, -0.2) is 34.1 Å². The van der Waals surface area contributed by atoms with Gasteiger partial charge in [-0.1, -0.05) is 12.1 Å². The van der Waals surface area contributed by atoms with Crippen LogP contribution in [-0.2, 0) is 4.79 Å². The van der Waals surface area contributed by atoms with E-state index in [1.165, 1.54) is 11.5 Å². The number of benzene rings is 1. The van der Waals surface area contributed by atoms with Gasteiger partial charge in [-0.15, -0.1) is 0 Å². The van der Waals surface area contributed by atoms with E-state index in [4.69, 9.17) is 10.8 Å². The highest BCUT2D eigenvalue weighted by molar-refractivity contribution is 7.11. The van der Waals surface area contributed by atoms with Crippen molar-refractivity contribution in [3.8, 4) is 0 Å². The molecule has 2 heterocycles. The van der Waals surface area contributed by atoms with Gasteiger partial charge in [-0.05, 0) is 30.1 Å². The van der Waals surface area contributed by atoms with Crippen molar-refractivity contribution in [1.82, 2.24) is 4.37 Å². The van der Waals surface area contributed by atoms with Crippen LogP contribution in [0.15, 0.2) is 24.3 Å². The summed E-state index contributed by atoms with van der Waals surface area (Å²) in [5, 5.41) is 11.2. The average molecular weight is 263 g/mol. The van der Waals surface area contributed by atoms with Gasteiger partial charge in [0, 0.05) is 18.5 Å². The molecule has 18 heavy (non-hydrogen) atoms. The highest BCUT2D eigenvalue weighted by Gasteiger charge is 2.42. The van der Waals surface area contributed by atoms with Crippen molar-refractivity contribution in [1.29, 1.82) is 0 Å². The number of anilines is 1. The molecular formula is C12H13N3O2S. The largest absolute Gasteiger partial charge is 0.480 e. The van der Waals surface area contributed by atoms with Crippen LogP contribution in [0.25, 0.3) is 10.9 Å². The molecule has 1 atom stereocenters. The average Bonchev–Trinajstić information content (AvgIpc) is 2.93. The zero-order valence-electron chi connectivity index (χ0n) is 9.67. The Bertz CT molecular complexity index is 612. The van der Waals surface area contributed by atoms with Crippen LogP contribution in [0, 0.1) is 0 Å². The highest BCUT2D eigenvalue weighted by atomic mass is 32.1. The zero-order chi connectivity index (χ0) is 12.8. The molecule has 0 saturated carbocycles. The van der Waals surface area contributed by atoms with E-state index in [0.717, 1.165) is 15.9 Å². The van der Waals surface area contributed by atoms with Gasteiger partial charge >= 0.3 is 5.97 Å². The second kappa shape index (κ2) is 3.93. The van der Waals surface area contributed by atoms with Crippen LogP contribution in [0.1, 0.15) is 6.42 Å². The first-order valence-corrected chi connectivity index (χ1v) is 6.49. The van der Waals surface area contributed by atoms with E-state index in [1.807, 2.05) is 29.2 Å². The molecule has 1 aromatic carbocycles. The maximum absolute atomic E-state index is 11.1. The SMILES string of the molecule is NC1(C(=O)O)CCN(c2snc3ccccc23)C1. The molecular weight excluding hydrogens is 250 g/mol. The monoisotopic (exact) mass is 263 g/mol. The maximum atomic E-state index is 11.1. The van der Waals surface area contributed by atoms with E-state index in [9.17, 15) is 4.79 Å². The van der Waals surface area contributed by atoms with E-state index in [0.29, 0.717) is 19.5 Å². The Kier molecular flexibility index (Phi) is 2.49. The summed E-state index contributed by atoms with van der Waals surface area (Å²) < 4.78 is 4.37. The number of carbonyl (C=O) groups is 1. The fourth-order valence-corrected chi connectivity index (χ4v) is 3.17. The van der Waals surface area contributed by atoms with Gasteiger partial charge in [0.25, 0.3) is 0 Å². The smallest absolute Gasteiger partial charge is 0.325 e. The lowest BCUT2D eigenvalue weighted by atomic mass is 10.0. The van der Waals surface area contributed by atoms with Crippen molar-refractivity contribution in [3.05, 3.63) is 24.3 Å². The number of carboxylic acids is 1. The molecule has 2 aromatic rings. The van der Waals surface area contributed by atoms with Gasteiger partial charge in [0.05, 0.1) is 5.52 Å². The Hall–Kier alpha value is -1.66. The second-order valence-corrected chi connectivity index (χ2v) is 5.39. The summed E-state index contributed by atoms with van der Waals surface area (Å²) in [6, 6.07) is 7.87. The maximum Gasteiger partial charge on any atom is 0.325 e. The molecule has 1 saturated heterocycles. The number of fused-ring (bicyclic) bond motifs is 1. The molecule has 1 aliphatic heterocycles. The molecule has 1 unspecified atom stereocenters. The first kappa shape index (κ1) is 11.4. The van der Waals surface area contributed by atoms with E-state index in [2.05, 4.69) is 4.37 Å². The van der Waals surface area contributed by atoms with E-state index in [-0.39, 0.29) is 0 Å². The summed E-state index contributed by atoms with van der Waals surface area (Å²) in [5.41, 5.74) is 5.70. The molecule has 0 aliphatic carbocycles. The van der Waals surface area contributed by atoms with Crippen molar-refractivity contribution >= 4 is 33.4 Å². The highest BCUT2D eigenvalue weighted by Crippen LogP contribution is 2.34. The third kappa shape index (κ3) is 1.65. The molecule has 0 bridgehead atoms. The van der Waals surface area contributed by atoms with E-state index in [1.54, 1.807) is 0 Å². The molecule has 6 heteroatoms. The van der Waals surface area contributed by atoms with Gasteiger partial charge < -0.3 is 15.7 Å². The predicted octanol–water partition coefficient (Wildman–Crippen LogP) is 1.29. The molecule has 0 radical (unpaired) electrons. The topological polar surface area (TPSA) is 79.5 Å². The van der Waals surface area contributed by atoms with E-state index >= 15 is 0 Å². The molecule has 3 rings (SSSR count). The number of carboxylic acid groups (broad SMARTS) is 1. The van der Waals surface area contributed by atoms with Gasteiger partial charge in [0.15, 0.2) is 0 Å². The minimum Gasteiger partial charge on any atom is -0.480 e. The fourth-order valence-electron chi connectivity index (χ4n) is 2.28. The summed E-state index contributed by atoms with van der Waals surface area (Å²) in [4.78, 5) is 13.2. The standard InChI is InChI=1S/C12H13N3O2S/c13-12(11(16)17)5-6-15(7-12)10-8-3-1-2-4-9(8)14-18-10/h1-4H,5-7,13H2,(H,16,17). The van der Waals surface area contributed by atoms with Gasteiger partial charge in [0.1, 0.15) is 10.5 Å². The van der Waals surface area contributed by atoms with Crippen molar-refractivity contribution in [3.63, 3.8) is 0 Å². The Balaban J connectivity index is 1.95. The van der Waals surface area contributed by atoms with Gasteiger partial charge in [0.2, 0.25) is 0 Å². The number of nitrogens with zero attached hydrogens (tertiary/aromatic N) is 2. The first-order valence-electron chi connectivity index (χ1n) is 5.72. The number of nitrogens with two attached hydrogens (primary N) is 1. The van der Waals surface area contributed by atoms with Crippen LogP contribution < -0.4 is 10.6 Å². The lowest BCUT2D eigenvalue weighted by Crippen LogP contribution is -2.50. The summed E-state index contributed by atoms with van der Waals surface area (Å²) in [5.74, 6) is -0.932. The first-order chi connectivity index (χ1) is 8.60. The van der Waals surface area contributed by atoms with Gasteiger partial charge in [-0.25, -0.2) is 0 Å². The minimum atomic E-state index is -1.13. The molecule has 1 aromatic heterocycles. The van der Waals surface area contributed by atoms with Crippen LogP contribution in [0.4, 0.5) is 5.00 Å². The number of hydrogen-bond acceptors (Lipinski definition) is 5. The Morgan fingerprint density at radius 1 is 1.50 bits per heavy atom. The molecule has 94 valence electrons. The number of aromatic nitrogens is 1. The summed E-state index contributed by atoms with van der Waals surface area (Å²) in [6.45, 7) is 1.00. The molecule has 1 aliphatic rings. The van der Waals surface area contributed by atoms with Crippen molar-refractivity contribution in [2.75, 3.05) is 18.0 Å². The van der Waals surface area contributed by atoms with Gasteiger partial charge in [-0.3, -0.25) is 4.79 Å². The normalized spacial score (nSPS) is 23.7. The van der Waals surface area contributed by atoms with Crippen LogP contribution in [0.3, 0.4) is 0 Å². The predicted molar refractivity (Wildman–Crippen MR) is 71.0 cm³/mol. The lowest BCUT2D eigenvalue weighted by molar-refractivity contribution is -0.142. The number of hydrogen-bond donors (Lipinski definition) is 2. The van der Waals surface area contributed by atoms with Gasteiger partial charge in [-0.2, -0.15) is 4.37 Å². The summed E-state index contributed by atoms with van der Waals surface area (Å²) in [7, 11) is 0. The van der Waals surface area contributed by atoms with Crippen molar-refractivity contribution in [2.24, 2.45) is 5.73 Å². The minimum absolute atomic E-state index is 0.342. The van der Waals surface area contributed by atoms with Crippen LogP contribution in [0.5, 0.6) is 0 Å². The lowest BCUT2D eigenvalue weighted by Gasteiger charge is -2.20. The Morgan fingerprint density at radius 3 is 3.00 bits per heavy atom. The third-order valence-electron chi connectivity index (χ3n) is 3.38. The zero-order valence-corrected chi connectivity index (χ0v) is 10.5. The number of aliphatic carboxylic acids is 1. The van der Waals surface area contributed by atoms with Crippen LogP contribution >= 0.6 is 11.5 Å². The second-order valence-electron chi connectivity index (χ2n) is 4.64. The quantitative estimate of drug-likeness (QED) is 0.853. The third-order valence-corrected chi connectivity index (χ3v) is 4.32. The molecule has 3 N–H and O–H groups in total. The summed E-state index contributed by atoms with van der Waals surface area (Å²) >= 11 is 1.40. The molecule has 1 fully saturated rings. The number of rotatable bonds is 2.